The Morgan fingerprint density at radius 3 is 0.913 bits per heavy atom. The normalized spacial score (nSPS) is 12.1. The van der Waals surface area contributed by atoms with Gasteiger partial charge in [0.05, 0.1) is 5.69 Å². The van der Waals surface area contributed by atoms with E-state index in [1.807, 2.05) is 5.01 Å². The Bertz CT molecular complexity index is 1340. The van der Waals surface area contributed by atoms with Crippen molar-refractivity contribution in [2.75, 3.05) is 31.2 Å². The van der Waals surface area contributed by atoms with E-state index < -0.39 is 16.2 Å². The van der Waals surface area contributed by atoms with E-state index in [4.69, 9.17) is 0 Å². The van der Waals surface area contributed by atoms with Crippen molar-refractivity contribution in [3.05, 3.63) is 29.3 Å². The third kappa shape index (κ3) is 32.9. The molecule has 0 bridgehead atoms. The minimum Gasteiger partial charge on any atom is -0.246 e. The first-order valence-corrected chi connectivity index (χ1v) is 32.0. The van der Waals surface area contributed by atoms with E-state index in [-0.39, 0.29) is 11.8 Å². The van der Waals surface area contributed by atoms with E-state index in [1.54, 1.807) is 4.31 Å². The molecule has 0 aliphatic rings. The predicted molar refractivity (Wildman–Crippen MR) is 305 cm³/mol. The fourth-order valence-corrected chi connectivity index (χ4v) is 11.3. The van der Waals surface area contributed by atoms with Crippen LogP contribution in [0.3, 0.4) is 0 Å². The van der Waals surface area contributed by atoms with Crippen molar-refractivity contribution >= 4 is 21.9 Å². The topological polar surface area (TPSA) is 73.0 Å². The van der Waals surface area contributed by atoms with Gasteiger partial charge in [-0.1, -0.05) is 305 Å². The lowest BCUT2D eigenvalue weighted by molar-refractivity contribution is 0.207. The Labute approximate surface area is 431 Å². The average molecular weight is 988 g/mol. The molecule has 69 heavy (non-hydrogen) atoms. The number of benzene rings is 1. The Balaban J connectivity index is 3.40. The maximum absolute atomic E-state index is 15.3. The van der Waals surface area contributed by atoms with Crippen LogP contribution >= 0.6 is 0 Å². The molecule has 406 valence electrons. The number of carbonyl (C=O) groups excluding carboxylic acids is 1. The molecule has 0 heterocycles. The molecule has 0 fully saturated rings. The zero-order valence-corrected chi connectivity index (χ0v) is 48.3. The van der Waals surface area contributed by atoms with E-state index in [9.17, 15) is 8.42 Å². The number of nitrogens with zero attached hydrogens (tertiary/aromatic N) is 3. The molecule has 7 nitrogen and oxygen atoms in total. The molecule has 0 aliphatic carbocycles. The van der Waals surface area contributed by atoms with Crippen LogP contribution in [0.1, 0.15) is 335 Å². The van der Waals surface area contributed by atoms with Crippen LogP contribution in [0.4, 0.5) is 10.5 Å². The number of urea groups is 1. The van der Waals surface area contributed by atoms with Crippen molar-refractivity contribution in [2.24, 2.45) is 0 Å². The highest BCUT2D eigenvalue weighted by Crippen LogP contribution is 2.37. The summed E-state index contributed by atoms with van der Waals surface area (Å²) in [5, 5.41) is 4.07. The molecule has 1 aromatic rings. The molecule has 0 aliphatic heterocycles. The average Bonchev–Trinajstić information content (AvgIpc) is 3.32. The lowest BCUT2D eigenvalue weighted by atomic mass is 9.92. The minimum absolute atomic E-state index is 0.159. The summed E-state index contributed by atoms with van der Waals surface area (Å²) in [4.78, 5) is 15.3. The number of para-hydroxylation sites is 1. The number of hydrogen-bond donors (Lipinski definition) is 1. The molecule has 0 aromatic heterocycles. The molecule has 0 unspecified atom stereocenters. The van der Waals surface area contributed by atoms with Crippen molar-refractivity contribution in [3.8, 4) is 0 Å². The first kappa shape index (κ1) is 65.4. The minimum atomic E-state index is -4.12. The van der Waals surface area contributed by atoms with Crippen LogP contribution < -0.4 is 9.73 Å². The summed E-state index contributed by atoms with van der Waals surface area (Å²) < 4.78 is 33.9. The third-order valence-electron chi connectivity index (χ3n) is 14.6. The number of carbonyl (C=O) groups is 1. The summed E-state index contributed by atoms with van der Waals surface area (Å²) in [7, 11) is -4.12. The van der Waals surface area contributed by atoms with E-state index in [2.05, 4.69) is 83.3 Å². The van der Waals surface area contributed by atoms with Gasteiger partial charge in [-0.2, -0.15) is 12.7 Å². The molecule has 1 N–H and O–H groups in total. The second-order valence-corrected chi connectivity index (χ2v) is 23.6. The fourth-order valence-electron chi connectivity index (χ4n) is 10.1. The van der Waals surface area contributed by atoms with Crippen LogP contribution in [0.2, 0.25) is 0 Å². The van der Waals surface area contributed by atoms with Gasteiger partial charge in [0.2, 0.25) is 0 Å². The van der Waals surface area contributed by atoms with Crippen LogP contribution in [-0.2, 0) is 10.2 Å². The van der Waals surface area contributed by atoms with Gasteiger partial charge < -0.3 is 0 Å². The summed E-state index contributed by atoms with van der Waals surface area (Å²) >= 11 is 0. The molecule has 0 radical (unpaired) electrons. The van der Waals surface area contributed by atoms with Gasteiger partial charge in [-0.25, -0.2) is 19.5 Å². The first-order chi connectivity index (χ1) is 33.5. The zero-order chi connectivity index (χ0) is 50.6. The second-order valence-electron chi connectivity index (χ2n) is 21.9. The van der Waals surface area contributed by atoms with E-state index in [1.165, 1.54) is 193 Å². The molecular formula is C61H118N4O3S. The van der Waals surface area contributed by atoms with Crippen LogP contribution in [0.25, 0.3) is 0 Å². The molecule has 0 spiro atoms. The summed E-state index contributed by atoms with van der Waals surface area (Å²) in [6.07, 6.45) is 49.1. The number of anilines is 1. The van der Waals surface area contributed by atoms with Crippen molar-refractivity contribution in [1.82, 2.24) is 14.0 Å². The maximum atomic E-state index is 15.3. The van der Waals surface area contributed by atoms with Crippen molar-refractivity contribution in [2.45, 2.75) is 324 Å². The van der Waals surface area contributed by atoms with E-state index >= 15 is 4.79 Å². The summed E-state index contributed by atoms with van der Waals surface area (Å²) in [5.74, 6) is 0.317. The van der Waals surface area contributed by atoms with Crippen molar-refractivity contribution in [3.63, 3.8) is 0 Å². The number of nitrogens with one attached hydrogen (secondary N) is 1. The maximum Gasteiger partial charge on any atom is 0.351 e. The van der Waals surface area contributed by atoms with E-state index in [0.717, 1.165) is 94.1 Å². The van der Waals surface area contributed by atoms with Crippen molar-refractivity contribution < 1.29 is 13.2 Å². The Hall–Kier alpha value is -1.64. The molecular weight excluding hydrogens is 869 g/mol. The molecule has 1 rings (SSSR count). The molecule has 8 heteroatoms. The second kappa shape index (κ2) is 45.0. The fraction of sp³-hybridized carbons (Fsp3) is 0.885. The largest absolute Gasteiger partial charge is 0.351 e. The monoisotopic (exact) mass is 987 g/mol. The summed E-state index contributed by atoms with van der Waals surface area (Å²) in [6.45, 7) is 20.3. The summed E-state index contributed by atoms with van der Waals surface area (Å²) in [6, 6.07) is 5.90. The predicted octanol–water partition coefficient (Wildman–Crippen LogP) is 19.9. The van der Waals surface area contributed by atoms with Crippen LogP contribution in [0.5, 0.6) is 0 Å². The smallest absolute Gasteiger partial charge is 0.246 e. The summed E-state index contributed by atoms with van der Waals surface area (Å²) in [5.41, 5.74) is 3.07. The molecule has 0 saturated heterocycles. The Kier molecular flexibility index (Phi) is 42.6. The lowest BCUT2D eigenvalue weighted by Gasteiger charge is -2.39. The van der Waals surface area contributed by atoms with Gasteiger partial charge in [0.15, 0.2) is 0 Å². The molecule has 0 atom stereocenters. The highest BCUT2D eigenvalue weighted by atomic mass is 32.2. The van der Waals surface area contributed by atoms with Gasteiger partial charge >= 0.3 is 16.2 Å². The standard InChI is InChI=1S/C61H118N4O3S/c1-9-13-17-21-25-29-33-37-41-45-52-63(53-46-42-38-34-30-26-22-18-14-10-2)65(60-58(56(5)6)50-49-51-59(60)57(7)8)61(66)62-69(67,68)64(54-47-43-39-35-31-27-23-19-15-11-3)55-48-44-40-36-32-28-24-20-16-12-4/h49-51,56-57H,9-48,52-55H2,1-8H3,(H,62,66). The number of hydrogen-bond acceptors (Lipinski definition) is 4. The quantitative estimate of drug-likeness (QED) is 0.0521. The van der Waals surface area contributed by atoms with Gasteiger partial charge in [-0.15, -0.1) is 0 Å². The number of amides is 2. The van der Waals surface area contributed by atoms with Gasteiger partial charge in [0.1, 0.15) is 0 Å². The van der Waals surface area contributed by atoms with E-state index in [0.29, 0.717) is 13.1 Å². The van der Waals surface area contributed by atoms with Crippen LogP contribution in [0.15, 0.2) is 18.2 Å². The third-order valence-corrected chi connectivity index (χ3v) is 16.1. The van der Waals surface area contributed by atoms with Gasteiger partial charge in [-0.05, 0) is 48.6 Å². The number of unbranched alkanes of at least 4 members (excludes halogenated alkanes) is 36. The first-order valence-electron chi connectivity index (χ1n) is 30.5. The zero-order valence-electron chi connectivity index (χ0n) is 47.5. The highest BCUT2D eigenvalue weighted by Gasteiger charge is 2.33. The highest BCUT2D eigenvalue weighted by molar-refractivity contribution is 7.87. The van der Waals surface area contributed by atoms with Gasteiger partial charge in [-0.3, -0.25) is 0 Å². The Morgan fingerprint density at radius 2 is 0.652 bits per heavy atom. The van der Waals surface area contributed by atoms with Crippen LogP contribution in [-0.4, -0.2) is 49.9 Å². The SMILES string of the molecule is CCCCCCCCCCCCN(CCCCCCCCCCCC)N(C(=O)NS(=O)(=O)N(CCCCCCCCCCCC)CCCCCCCCCCCC)c1c(C(C)C)cccc1C(C)C. The van der Waals surface area contributed by atoms with Crippen LogP contribution in [0, 0.1) is 0 Å². The van der Waals surface area contributed by atoms with Gasteiger partial charge in [0, 0.05) is 26.2 Å². The molecule has 2 amide bonds. The molecule has 1 aromatic carbocycles. The Morgan fingerprint density at radius 1 is 0.406 bits per heavy atom. The number of hydrazine groups is 1. The van der Waals surface area contributed by atoms with Crippen molar-refractivity contribution in [1.29, 1.82) is 0 Å². The lowest BCUT2D eigenvalue weighted by Crippen LogP contribution is -2.56. The number of rotatable bonds is 50. The molecule has 0 saturated carbocycles. The van der Waals surface area contributed by atoms with Gasteiger partial charge in [0.25, 0.3) is 0 Å².